The van der Waals surface area contributed by atoms with Crippen molar-refractivity contribution in [1.29, 1.82) is 0 Å². The smallest absolute Gasteiger partial charge is 0.172 e. The summed E-state index contributed by atoms with van der Waals surface area (Å²) < 4.78 is 4.82. The van der Waals surface area contributed by atoms with E-state index in [4.69, 9.17) is 11.6 Å². The lowest BCUT2D eigenvalue weighted by atomic mass is 10.6. The van der Waals surface area contributed by atoms with Gasteiger partial charge >= 0.3 is 0 Å². The Morgan fingerprint density at radius 1 is 1.62 bits per heavy atom. The van der Waals surface area contributed by atoms with Crippen molar-refractivity contribution in [1.82, 2.24) is 4.72 Å². The van der Waals surface area contributed by atoms with Gasteiger partial charge in [0.2, 0.25) is 0 Å². The molecule has 2 nitrogen and oxygen atoms in total. The van der Waals surface area contributed by atoms with Crippen molar-refractivity contribution >= 4 is 72.7 Å². The van der Waals surface area contributed by atoms with Crippen LogP contribution in [-0.2, 0) is 0 Å². The number of hydrogen-bond donors (Lipinski definition) is 1. The highest BCUT2D eigenvalue weighted by molar-refractivity contribution is 9.10. The van der Waals surface area contributed by atoms with Gasteiger partial charge in [0.15, 0.2) is 5.17 Å². The standard InChI is InChI=1S/C6H4BrClN2S3/c1-11-6-9-5-3(13-10-6)2(7)4(8)12-5/h1H3,(H,9,10). The fourth-order valence-electron chi connectivity index (χ4n) is 0.818. The first kappa shape index (κ1) is 10.2. The zero-order valence-corrected chi connectivity index (χ0v) is 11.2. The molecule has 0 atom stereocenters. The van der Waals surface area contributed by atoms with E-state index in [1.807, 2.05) is 6.26 Å². The molecule has 0 unspecified atom stereocenters. The highest BCUT2D eigenvalue weighted by Gasteiger charge is 2.20. The second kappa shape index (κ2) is 4.02. The fraction of sp³-hybridized carbons (Fsp3) is 0.167. The van der Waals surface area contributed by atoms with Gasteiger partial charge in [-0.3, -0.25) is 0 Å². The normalized spacial score (nSPS) is 14.8. The molecule has 13 heavy (non-hydrogen) atoms. The molecule has 70 valence electrons. The van der Waals surface area contributed by atoms with E-state index < -0.39 is 0 Å². The Hall–Kier alpha value is 0.640. The molecule has 7 heteroatoms. The monoisotopic (exact) mass is 314 g/mol. The molecule has 1 aliphatic heterocycles. The van der Waals surface area contributed by atoms with Gasteiger partial charge in [0.05, 0.1) is 9.37 Å². The molecule has 0 spiro atoms. The van der Waals surface area contributed by atoms with E-state index in [0.29, 0.717) is 0 Å². The Bertz CT molecular complexity index is 376. The minimum Gasteiger partial charge on any atom is -0.305 e. The third kappa shape index (κ3) is 1.87. The van der Waals surface area contributed by atoms with Crippen LogP contribution in [0.2, 0.25) is 4.34 Å². The van der Waals surface area contributed by atoms with E-state index in [1.54, 1.807) is 23.7 Å². The van der Waals surface area contributed by atoms with Gasteiger partial charge in [-0.15, -0.1) is 11.3 Å². The average Bonchev–Trinajstić information content (AvgIpc) is 2.42. The molecular formula is C6H4BrClN2S3. The van der Waals surface area contributed by atoms with Gasteiger partial charge in [-0.25, -0.2) is 4.99 Å². The Labute approximate surface area is 102 Å². The van der Waals surface area contributed by atoms with Crippen LogP contribution in [0.25, 0.3) is 0 Å². The molecule has 0 bridgehead atoms. The van der Waals surface area contributed by atoms with Crippen LogP contribution in [0.4, 0.5) is 5.00 Å². The topological polar surface area (TPSA) is 24.4 Å². The number of nitrogens with zero attached hydrogens (tertiary/aromatic N) is 1. The fourth-order valence-corrected chi connectivity index (χ4v) is 4.26. The van der Waals surface area contributed by atoms with Crippen molar-refractivity contribution in [2.45, 2.75) is 4.90 Å². The molecule has 1 aromatic rings. The van der Waals surface area contributed by atoms with Crippen molar-refractivity contribution in [3.8, 4) is 0 Å². The molecule has 1 N–H and O–H groups in total. The summed E-state index contributed by atoms with van der Waals surface area (Å²) in [6.07, 6.45) is 1.99. The maximum absolute atomic E-state index is 5.97. The third-order valence-corrected chi connectivity index (χ3v) is 5.96. The Balaban J connectivity index is 2.48. The van der Waals surface area contributed by atoms with Crippen LogP contribution in [-0.4, -0.2) is 11.4 Å². The third-order valence-electron chi connectivity index (χ3n) is 1.39. The maximum Gasteiger partial charge on any atom is 0.172 e. The number of rotatable bonds is 0. The van der Waals surface area contributed by atoms with Crippen molar-refractivity contribution in [3.05, 3.63) is 8.81 Å². The molecule has 1 aromatic heterocycles. The number of nitrogens with one attached hydrogen (secondary N) is 1. The Morgan fingerprint density at radius 2 is 2.38 bits per heavy atom. The lowest BCUT2D eigenvalue weighted by Crippen LogP contribution is -2.13. The minimum absolute atomic E-state index is 0.755. The molecular weight excluding hydrogens is 312 g/mol. The molecule has 0 fully saturated rings. The molecule has 0 aliphatic carbocycles. The number of thiophene rings is 1. The zero-order valence-electron chi connectivity index (χ0n) is 6.43. The van der Waals surface area contributed by atoms with Crippen LogP contribution in [0.1, 0.15) is 0 Å². The summed E-state index contributed by atoms with van der Waals surface area (Å²) in [6.45, 7) is 0. The number of fused-ring (bicyclic) bond motifs is 1. The van der Waals surface area contributed by atoms with E-state index in [0.717, 1.165) is 23.9 Å². The summed E-state index contributed by atoms with van der Waals surface area (Å²) in [5.41, 5.74) is 0. The predicted octanol–water partition coefficient (Wildman–Crippen LogP) is 4.12. The van der Waals surface area contributed by atoms with E-state index in [-0.39, 0.29) is 0 Å². The van der Waals surface area contributed by atoms with Crippen LogP contribution in [0.3, 0.4) is 0 Å². The first-order valence-corrected chi connectivity index (χ1v) is 7.28. The van der Waals surface area contributed by atoms with Crippen LogP contribution < -0.4 is 4.72 Å². The number of aliphatic imine (C=N–C) groups is 1. The van der Waals surface area contributed by atoms with Crippen LogP contribution >= 0.6 is 62.6 Å². The first-order valence-electron chi connectivity index (χ1n) is 3.25. The highest BCUT2D eigenvalue weighted by Crippen LogP contribution is 2.48. The molecule has 0 radical (unpaired) electrons. The second-order valence-corrected chi connectivity index (χ2v) is 6.15. The van der Waals surface area contributed by atoms with E-state index >= 15 is 0 Å². The summed E-state index contributed by atoms with van der Waals surface area (Å²) in [4.78, 5) is 5.47. The highest BCUT2D eigenvalue weighted by atomic mass is 79.9. The molecule has 2 heterocycles. The van der Waals surface area contributed by atoms with E-state index in [1.165, 1.54) is 11.3 Å². The Kier molecular flexibility index (Phi) is 3.14. The lowest BCUT2D eigenvalue weighted by Gasteiger charge is -2.11. The van der Waals surface area contributed by atoms with Gasteiger partial charge < -0.3 is 4.72 Å². The average molecular weight is 316 g/mol. The largest absolute Gasteiger partial charge is 0.305 e. The van der Waals surface area contributed by atoms with Gasteiger partial charge in [0.25, 0.3) is 0 Å². The van der Waals surface area contributed by atoms with E-state index in [2.05, 4.69) is 25.6 Å². The quantitative estimate of drug-likeness (QED) is 0.729. The van der Waals surface area contributed by atoms with Crippen molar-refractivity contribution in [3.63, 3.8) is 0 Å². The molecule has 0 saturated carbocycles. The zero-order chi connectivity index (χ0) is 9.42. The Morgan fingerprint density at radius 3 is 3.08 bits per heavy atom. The molecule has 0 amide bonds. The summed E-state index contributed by atoms with van der Waals surface area (Å²) in [7, 11) is 0. The number of hydrogen-bond acceptors (Lipinski definition) is 5. The summed E-state index contributed by atoms with van der Waals surface area (Å²) in [6, 6.07) is 0. The van der Waals surface area contributed by atoms with Crippen LogP contribution in [0.5, 0.6) is 0 Å². The lowest BCUT2D eigenvalue weighted by molar-refractivity contribution is 1.35. The van der Waals surface area contributed by atoms with Gasteiger partial charge in [-0.05, 0) is 34.1 Å². The molecule has 0 aromatic carbocycles. The van der Waals surface area contributed by atoms with Crippen molar-refractivity contribution in [2.75, 3.05) is 6.26 Å². The maximum atomic E-state index is 5.97. The van der Waals surface area contributed by atoms with Gasteiger partial charge in [-0.2, -0.15) is 0 Å². The number of thioether (sulfide) groups is 1. The number of amidine groups is 1. The van der Waals surface area contributed by atoms with Crippen LogP contribution in [0, 0.1) is 0 Å². The number of halogens is 2. The van der Waals surface area contributed by atoms with E-state index in [9.17, 15) is 0 Å². The van der Waals surface area contributed by atoms with Crippen molar-refractivity contribution < 1.29 is 0 Å². The molecule has 2 rings (SSSR count). The summed E-state index contributed by atoms with van der Waals surface area (Å²) in [5.74, 6) is 0. The van der Waals surface area contributed by atoms with Gasteiger partial charge in [0.1, 0.15) is 9.34 Å². The van der Waals surface area contributed by atoms with Gasteiger partial charge in [0, 0.05) is 0 Å². The summed E-state index contributed by atoms with van der Waals surface area (Å²) in [5, 5.41) is 1.90. The SMILES string of the molecule is CSC1=Nc2sc(Cl)c(Br)c2SN1. The molecule has 0 saturated heterocycles. The van der Waals surface area contributed by atoms with Gasteiger partial charge in [-0.1, -0.05) is 23.4 Å². The van der Waals surface area contributed by atoms with Crippen molar-refractivity contribution in [2.24, 2.45) is 4.99 Å². The second-order valence-electron chi connectivity index (χ2n) is 2.15. The minimum atomic E-state index is 0.755. The summed E-state index contributed by atoms with van der Waals surface area (Å²) >= 11 is 14.0. The first-order chi connectivity index (χ1) is 6.22. The van der Waals surface area contributed by atoms with Crippen LogP contribution in [0.15, 0.2) is 14.4 Å². The predicted molar refractivity (Wildman–Crippen MR) is 66.6 cm³/mol. The molecule has 1 aliphatic rings.